The summed E-state index contributed by atoms with van der Waals surface area (Å²) in [5, 5.41) is 5.02. The summed E-state index contributed by atoms with van der Waals surface area (Å²) in [6.45, 7) is 3.97. The lowest BCUT2D eigenvalue weighted by Crippen LogP contribution is -2.20. The lowest BCUT2D eigenvalue weighted by Gasteiger charge is -2.09. The molecule has 0 amide bonds. The SMILES string of the molecule is Cc1cc(C=Nn2c(-c3ccccc3)nc3ccccc3c2=O)c(C)[nH]1. The Morgan fingerprint density at radius 1 is 1.04 bits per heavy atom. The maximum atomic E-state index is 13.0. The second-order valence-electron chi connectivity index (χ2n) is 6.21. The van der Waals surface area contributed by atoms with Crippen LogP contribution >= 0.6 is 0 Å². The third-order valence-electron chi connectivity index (χ3n) is 4.29. The van der Waals surface area contributed by atoms with Crippen LogP contribution in [0.15, 0.2) is 70.6 Å². The Balaban J connectivity index is 1.95. The first-order valence-electron chi connectivity index (χ1n) is 8.41. The molecule has 0 bridgehead atoms. The minimum absolute atomic E-state index is 0.185. The predicted octanol–water partition coefficient (Wildman–Crippen LogP) is 3.89. The number of nitrogens with one attached hydrogen (secondary N) is 1. The molecular formula is C21H18N4O. The Morgan fingerprint density at radius 3 is 2.50 bits per heavy atom. The number of aryl methyl sites for hydroxylation is 2. The zero-order valence-electron chi connectivity index (χ0n) is 14.6. The molecule has 0 atom stereocenters. The fourth-order valence-corrected chi connectivity index (χ4v) is 3.00. The Kier molecular flexibility index (Phi) is 3.97. The van der Waals surface area contributed by atoms with Crippen LogP contribution in [-0.2, 0) is 0 Å². The van der Waals surface area contributed by atoms with Gasteiger partial charge >= 0.3 is 0 Å². The van der Waals surface area contributed by atoms with Crippen LogP contribution < -0.4 is 5.56 Å². The van der Waals surface area contributed by atoms with Gasteiger partial charge in [-0.1, -0.05) is 42.5 Å². The highest BCUT2D eigenvalue weighted by Gasteiger charge is 2.12. The van der Waals surface area contributed by atoms with E-state index in [2.05, 4.69) is 15.1 Å². The molecule has 2 heterocycles. The van der Waals surface area contributed by atoms with Gasteiger partial charge < -0.3 is 4.98 Å². The highest BCUT2D eigenvalue weighted by molar-refractivity contribution is 5.83. The smallest absolute Gasteiger partial charge is 0.282 e. The summed E-state index contributed by atoms with van der Waals surface area (Å²) in [6.07, 6.45) is 1.70. The van der Waals surface area contributed by atoms with E-state index in [1.165, 1.54) is 4.68 Å². The summed E-state index contributed by atoms with van der Waals surface area (Å²) in [5.41, 5.74) is 4.33. The normalized spacial score (nSPS) is 11.5. The summed E-state index contributed by atoms with van der Waals surface area (Å²) in [4.78, 5) is 21.0. The fourth-order valence-electron chi connectivity index (χ4n) is 3.00. The molecule has 2 aromatic heterocycles. The van der Waals surface area contributed by atoms with Crippen LogP contribution in [0, 0.1) is 13.8 Å². The van der Waals surface area contributed by atoms with Gasteiger partial charge in [-0.2, -0.15) is 9.78 Å². The summed E-state index contributed by atoms with van der Waals surface area (Å²) in [5.74, 6) is 0.524. The van der Waals surface area contributed by atoms with Gasteiger partial charge in [0.15, 0.2) is 5.82 Å². The predicted molar refractivity (Wildman–Crippen MR) is 105 cm³/mol. The number of aromatic nitrogens is 3. The summed E-state index contributed by atoms with van der Waals surface area (Å²) < 4.78 is 1.37. The molecular weight excluding hydrogens is 324 g/mol. The van der Waals surface area contributed by atoms with E-state index in [4.69, 9.17) is 0 Å². The fraction of sp³-hybridized carbons (Fsp3) is 0.0952. The molecule has 128 valence electrons. The van der Waals surface area contributed by atoms with Crippen molar-refractivity contribution in [2.24, 2.45) is 5.10 Å². The second-order valence-corrected chi connectivity index (χ2v) is 6.21. The molecule has 0 radical (unpaired) electrons. The van der Waals surface area contributed by atoms with Gasteiger partial charge in [0.25, 0.3) is 5.56 Å². The van der Waals surface area contributed by atoms with E-state index >= 15 is 0 Å². The first-order valence-corrected chi connectivity index (χ1v) is 8.41. The van der Waals surface area contributed by atoms with Crippen molar-refractivity contribution in [1.29, 1.82) is 0 Å². The topological polar surface area (TPSA) is 63.0 Å². The van der Waals surface area contributed by atoms with Gasteiger partial charge in [-0.15, -0.1) is 0 Å². The maximum Gasteiger partial charge on any atom is 0.282 e. The molecule has 0 aliphatic carbocycles. The van der Waals surface area contributed by atoms with E-state index in [0.717, 1.165) is 22.5 Å². The van der Waals surface area contributed by atoms with Crippen LogP contribution in [-0.4, -0.2) is 20.9 Å². The molecule has 5 nitrogen and oxygen atoms in total. The van der Waals surface area contributed by atoms with Gasteiger partial charge in [-0.3, -0.25) is 4.79 Å². The number of rotatable bonds is 3. The van der Waals surface area contributed by atoms with Crippen LogP contribution in [0.2, 0.25) is 0 Å². The highest BCUT2D eigenvalue weighted by Crippen LogP contribution is 2.18. The van der Waals surface area contributed by atoms with Crippen LogP contribution in [0.5, 0.6) is 0 Å². The van der Waals surface area contributed by atoms with Crippen molar-refractivity contribution in [3.8, 4) is 11.4 Å². The molecule has 0 saturated heterocycles. The first kappa shape index (κ1) is 16.0. The van der Waals surface area contributed by atoms with Gasteiger partial charge in [0.2, 0.25) is 0 Å². The van der Waals surface area contributed by atoms with Crippen molar-refractivity contribution < 1.29 is 0 Å². The first-order chi connectivity index (χ1) is 12.6. The average molecular weight is 342 g/mol. The van der Waals surface area contributed by atoms with Crippen molar-refractivity contribution in [2.75, 3.05) is 0 Å². The molecule has 0 unspecified atom stereocenters. The number of fused-ring (bicyclic) bond motifs is 1. The van der Waals surface area contributed by atoms with E-state index < -0.39 is 0 Å². The Hall–Kier alpha value is -3.47. The van der Waals surface area contributed by atoms with E-state index in [1.807, 2.05) is 68.4 Å². The minimum Gasteiger partial charge on any atom is -0.362 e. The van der Waals surface area contributed by atoms with Crippen molar-refractivity contribution in [3.05, 3.63) is 88.0 Å². The molecule has 1 N–H and O–H groups in total. The highest BCUT2D eigenvalue weighted by atomic mass is 16.1. The van der Waals surface area contributed by atoms with Gasteiger partial charge in [0.05, 0.1) is 17.1 Å². The third-order valence-corrected chi connectivity index (χ3v) is 4.29. The zero-order chi connectivity index (χ0) is 18.1. The van der Waals surface area contributed by atoms with Gasteiger partial charge in [-0.05, 0) is 32.0 Å². The largest absolute Gasteiger partial charge is 0.362 e. The van der Waals surface area contributed by atoms with E-state index in [9.17, 15) is 4.79 Å². The minimum atomic E-state index is -0.185. The van der Waals surface area contributed by atoms with Gasteiger partial charge in [0.1, 0.15) is 0 Å². The van der Waals surface area contributed by atoms with Crippen molar-refractivity contribution in [2.45, 2.75) is 13.8 Å². The molecule has 4 aromatic rings. The van der Waals surface area contributed by atoms with E-state index in [0.29, 0.717) is 16.7 Å². The molecule has 4 rings (SSSR count). The van der Waals surface area contributed by atoms with Crippen LogP contribution in [0.3, 0.4) is 0 Å². The average Bonchev–Trinajstić information content (AvgIpc) is 2.99. The number of nitrogens with zero attached hydrogens (tertiary/aromatic N) is 3. The summed E-state index contributed by atoms with van der Waals surface area (Å²) >= 11 is 0. The lowest BCUT2D eigenvalue weighted by molar-refractivity contribution is 0.829. The number of aromatic amines is 1. The second kappa shape index (κ2) is 6.44. The number of benzene rings is 2. The molecule has 0 aliphatic heterocycles. The van der Waals surface area contributed by atoms with E-state index in [1.54, 1.807) is 12.3 Å². The lowest BCUT2D eigenvalue weighted by atomic mass is 10.2. The monoisotopic (exact) mass is 342 g/mol. The molecule has 0 aliphatic rings. The Bertz CT molecular complexity index is 1170. The van der Waals surface area contributed by atoms with Gasteiger partial charge in [0, 0.05) is 22.5 Å². The van der Waals surface area contributed by atoms with Crippen LogP contribution in [0.1, 0.15) is 17.0 Å². The molecule has 5 heteroatoms. The zero-order valence-corrected chi connectivity index (χ0v) is 14.6. The summed E-state index contributed by atoms with van der Waals surface area (Å²) in [6, 6.07) is 19.0. The van der Waals surface area contributed by atoms with Crippen LogP contribution in [0.4, 0.5) is 0 Å². The molecule has 0 spiro atoms. The third kappa shape index (κ3) is 2.84. The number of para-hydroxylation sites is 1. The Labute approximate surface area is 150 Å². The van der Waals surface area contributed by atoms with Gasteiger partial charge in [-0.25, -0.2) is 4.98 Å². The molecule has 0 fully saturated rings. The van der Waals surface area contributed by atoms with Crippen molar-refractivity contribution in [1.82, 2.24) is 14.6 Å². The Morgan fingerprint density at radius 2 is 1.77 bits per heavy atom. The number of H-pyrrole nitrogens is 1. The molecule has 2 aromatic carbocycles. The van der Waals surface area contributed by atoms with Crippen LogP contribution in [0.25, 0.3) is 22.3 Å². The van der Waals surface area contributed by atoms with Crippen molar-refractivity contribution >= 4 is 17.1 Å². The quantitative estimate of drug-likeness (QED) is 0.574. The van der Waals surface area contributed by atoms with Crippen molar-refractivity contribution in [3.63, 3.8) is 0 Å². The standard InChI is InChI=1S/C21H18N4O/c1-14-12-17(15(2)23-14)13-22-25-20(16-8-4-3-5-9-16)24-19-11-7-6-10-18(19)21(25)26/h3-13,23H,1-2H3. The van der Waals surface area contributed by atoms with E-state index in [-0.39, 0.29) is 5.56 Å². The maximum absolute atomic E-state index is 13.0. The molecule has 0 saturated carbocycles. The molecule has 26 heavy (non-hydrogen) atoms. The number of hydrogen-bond acceptors (Lipinski definition) is 3. The number of hydrogen-bond donors (Lipinski definition) is 1. The summed E-state index contributed by atoms with van der Waals surface area (Å²) in [7, 11) is 0.